The van der Waals surface area contributed by atoms with Crippen LogP contribution in [0, 0.1) is 0 Å². The Kier molecular flexibility index (Phi) is 3.92. The SMILES string of the molecule is CN(C(=O)c1cnn(C)c1)C1CCN(c2nccs2)CC1. The molecule has 6 nitrogen and oxygen atoms in total. The van der Waals surface area contributed by atoms with Crippen LogP contribution in [-0.4, -0.2) is 51.8 Å². The van der Waals surface area contributed by atoms with Gasteiger partial charge < -0.3 is 9.80 Å². The zero-order valence-electron chi connectivity index (χ0n) is 12.3. The second-order valence-corrected chi connectivity index (χ2v) is 6.22. The van der Waals surface area contributed by atoms with Crippen LogP contribution >= 0.6 is 11.3 Å². The molecule has 1 aliphatic heterocycles. The summed E-state index contributed by atoms with van der Waals surface area (Å²) in [4.78, 5) is 20.9. The first kappa shape index (κ1) is 14.1. The number of thiazole rings is 1. The summed E-state index contributed by atoms with van der Waals surface area (Å²) in [5.74, 6) is 0.0517. The minimum absolute atomic E-state index is 0.0517. The fraction of sp³-hybridized carbons (Fsp3) is 0.500. The van der Waals surface area contributed by atoms with Crippen LogP contribution in [0.2, 0.25) is 0 Å². The highest BCUT2D eigenvalue weighted by atomic mass is 32.1. The normalized spacial score (nSPS) is 16.2. The molecule has 3 rings (SSSR count). The van der Waals surface area contributed by atoms with Gasteiger partial charge >= 0.3 is 0 Å². The van der Waals surface area contributed by atoms with Crippen molar-refractivity contribution in [1.29, 1.82) is 0 Å². The van der Waals surface area contributed by atoms with Crippen molar-refractivity contribution in [3.63, 3.8) is 0 Å². The lowest BCUT2D eigenvalue weighted by Gasteiger charge is -2.36. The lowest BCUT2D eigenvalue weighted by Crippen LogP contribution is -2.45. The predicted molar refractivity (Wildman–Crippen MR) is 82.7 cm³/mol. The molecule has 3 heterocycles. The van der Waals surface area contributed by atoms with Gasteiger partial charge in [0.05, 0.1) is 11.8 Å². The number of piperidine rings is 1. The number of carbonyl (C=O) groups excluding carboxylic acids is 1. The molecule has 0 saturated carbocycles. The minimum Gasteiger partial charge on any atom is -0.348 e. The summed E-state index contributed by atoms with van der Waals surface area (Å²) in [6, 6.07) is 0.286. The molecule has 0 bridgehead atoms. The Labute approximate surface area is 128 Å². The van der Waals surface area contributed by atoms with Crippen LogP contribution in [0.5, 0.6) is 0 Å². The van der Waals surface area contributed by atoms with Gasteiger partial charge in [-0.15, -0.1) is 11.3 Å². The van der Waals surface area contributed by atoms with Gasteiger partial charge in [-0.25, -0.2) is 4.98 Å². The lowest BCUT2D eigenvalue weighted by molar-refractivity contribution is 0.0709. The molecule has 21 heavy (non-hydrogen) atoms. The summed E-state index contributed by atoms with van der Waals surface area (Å²) in [5.41, 5.74) is 0.655. The lowest BCUT2D eigenvalue weighted by atomic mass is 10.0. The molecule has 1 aliphatic rings. The van der Waals surface area contributed by atoms with E-state index in [4.69, 9.17) is 0 Å². The number of amides is 1. The van der Waals surface area contributed by atoms with E-state index in [9.17, 15) is 4.79 Å². The molecule has 1 amide bonds. The topological polar surface area (TPSA) is 54.3 Å². The molecule has 1 fully saturated rings. The number of rotatable bonds is 3. The van der Waals surface area contributed by atoms with Gasteiger partial charge in [-0.05, 0) is 12.8 Å². The molecular formula is C14H19N5OS. The van der Waals surface area contributed by atoms with E-state index in [0.29, 0.717) is 5.56 Å². The Hall–Kier alpha value is -1.89. The zero-order chi connectivity index (χ0) is 14.8. The summed E-state index contributed by atoms with van der Waals surface area (Å²) >= 11 is 1.67. The first-order valence-corrected chi connectivity index (χ1v) is 7.93. The van der Waals surface area contributed by atoms with Crippen LogP contribution in [-0.2, 0) is 7.05 Å². The molecule has 0 atom stereocenters. The Balaban J connectivity index is 1.60. The minimum atomic E-state index is 0.0517. The molecular weight excluding hydrogens is 286 g/mol. The Bertz CT molecular complexity index is 601. The van der Waals surface area contributed by atoms with Crippen LogP contribution in [0.4, 0.5) is 5.13 Å². The van der Waals surface area contributed by atoms with Gasteiger partial charge in [-0.2, -0.15) is 5.10 Å². The molecule has 0 N–H and O–H groups in total. The molecule has 1 saturated heterocycles. The number of hydrogen-bond acceptors (Lipinski definition) is 5. The highest BCUT2D eigenvalue weighted by Crippen LogP contribution is 2.24. The molecule has 0 aliphatic carbocycles. The maximum Gasteiger partial charge on any atom is 0.257 e. The second kappa shape index (κ2) is 5.85. The smallest absolute Gasteiger partial charge is 0.257 e. The van der Waals surface area contributed by atoms with Crippen molar-refractivity contribution in [2.75, 3.05) is 25.0 Å². The van der Waals surface area contributed by atoms with Gasteiger partial charge in [0.2, 0.25) is 0 Å². The monoisotopic (exact) mass is 305 g/mol. The quantitative estimate of drug-likeness (QED) is 0.864. The molecule has 0 unspecified atom stereocenters. The van der Waals surface area contributed by atoms with E-state index in [1.807, 2.05) is 30.6 Å². The van der Waals surface area contributed by atoms with Crippen molar-refractivity contribution in [3.05, 3.63) is 29.5 Å². The van der Waals surface area contributed by atoms with E-state index in [2.05, 4.69) is 15.0 Å². The van der Waals surface area contributed by atoms with Crippen molar-refractivity contribution < 1.29 is 4.79 Å². The number of nitrogens with zero attached hydrogens (tertiary/aromatic N) is 5. The summed E-state index contributed by atoms with van der Waals surface area (Å²) in [6.45, 7) is 1.89. The number of aryl methyl sites for hydroxylation is 1. The van der Waals surface area contributed by atoms with Gasteiger partial charge in [0, 0.05) is 51.0 Å². The number of aromatic nitrogens is 3. The van der Waals surface area contributed by atoms with Crippen LogP contribution in [0.1, 0.15) is 23.2 Å². The van der Waals surface area contributed by atoms with E-state index in [1.165, 1.54) is 0 Å². The predicted octanol–water partition coefficient (Wildman–Crippen LogP) is 1.62. The Morgan fingerprint density at radius 3 is 2.76 bits per heavy atom. The third kappa shape index (κ3) is 2.92. The fourth-order valence-corrected chi connectivity index (χ4v) is 3.41. The number of hydrogen-bond donors (Lipinski definition) is 0. The van der Waals surface area contributed by atoms with Crippen molar-refractivity contribution in [2.24, 2.45) is 7.05 Å². The third-order valence-electron chi connectivity index (χ3n) is 3.97. The average Bonchev–Trinajstić information content (AvgIpc) is 3.17. The molecule has 0 aromatic carbocycles. The highest BCUT2D eigenvalue weighted by Gasteiger charge is 2.27. The molecule has 7 heteroatoms. The first-order chi connectivity index (χ1) is 10.1. The van der Waals surface area contributed by atoms with E-state index < -0.39 is 0 Å². The first-order valence-electron chi connectivity index (χ1n) is 7.05. The Morgan fingerprint density at radius 2 is 2.19 bits per heavy atom. The van der Waals surface area contributed by atoms with Crippen LogP contribution < -0.4 is 4.90 Å². The number of carbonyl (C=O) groups is 1. The largest absolute Gasteiger partial charge is 0.348 e. The van der Waals surface area contributed by atoms with E-state index in [-0.39, 0.29) is 11.9 Å². The van der Waals surface area contributed by atoms with Crippen LogP contribution in [0.3, 0.4) is 0 Å². The molecule has 2 aromatic rings. The van der Waals surface area contributed by atoms with E-state index in [1.54, 1.807) is 28.4 Å². The van der Waals surface area contributed by atoms with Gasteiger partial charge in [0.1, 0.15) is 0 Å². The van der Waals surface area contributed by atoms with Gasteiger partial charge in [-0.3, -0.25) is 9.48 Å². The van der Waals surface area contributed by atoms with Crippen molar-refractivity contribution in [2.45, 2.75) is 18.9 Å². The van der Waals surface area contributed by atoms with Crippen molar-refractivity contribution >= 4 is 22.4 Å². The van der Waals surface area contributed by atoms with Gasteiger partial charge in [0.15, 0.2) is 5.13 Å². The number of anilines is 1. The Morgan fingerprint density at radius 1 is 1.43 bits per heavy atom. The maximum atomic E-state index is 12.4. The third-order valence-corrected chi connectivity index (χ3v) is 4.81. The summed E-state index contributed by atoms with van der Waals surface area (Å²) in [5, 5.41) is 7.14. The molecule has 2 aromatic heterocycles. The van der Waals surface area contributed by atoms with Gasteiger partial charge in [-0.1, -0.05) is 0 Å². The maximum absolute atomic E-state index is 12.4. The van der Waals surface area contributed by atoms with Crippen LogP contribution in [0.25, 0.3) is 0 Å². The summed E-state index contributed by atoms with van der Waals surface area (Å²) < 4.78 is 1.66. The van der Waals surface area contributed by atoms with Crippen molar-refractivity contribution in [1.82, 2.24) is 19.7 Å². The van der Waals surface area contributed by atoms with E-state index in [0.717, 1.165) is 31.1 Å². The highest BCUT2D eigenvalue weighted by molar-refractivity contribution is 7.13. The van der Waals surface area contributed by atoms with Crippen LogP contribution in [0.15, 0.2) is 24.0 Å². The summed E-state index contributed by atoms with van der Waals surface area (Å²) in [7, 11) is 3.71. The summed E-state index contributed by atoms with van der Waals surface area (Å²) in [6.07, 6.45) is 7.18. The van der Waals surface area contributed by atoms with E-state index >= 15 is 0 Å². The average molecular weight is 305 g/mol. The zero-order valence-corrected chi connectivity index (χ0v) is 13.1. The molecule has 112 valence electrons. The standard InChI is InChI=1S/C14H19N5OS/c1-17-10-11(9-16-17)13(20)18(2)12-3-6-19(7-4-12)14-15-5-8-21-14/h5,8-10,12H,3-4,6-7H2,1-2H3. The molecule has 0 radical (unpaired) electrons. The van der Waals surface area contributed by atoms with Gasteiger partial charge in [0.25, 0.3) is 5.91 Å². The second-order valence-electron chi connectivity index (χ2n) is 5.35. The molecule has 0 spiro atoms. The fourth-order valence-electron chi connectivity index (χ4n) is 2.72. The van der Waals surface area contributed by atoms with Crippen molar-refractivity contribution in [3.8, 4) is 0 Å².